The molecule has 22 heavy (non-hydrogen) atoms. The molecule has 0 saturated heterocycles. The maximum atomic E-state index is 12.1. The third kappa shape index (κ3) is 2.39. The highest BCUT2D eigenvalue weighted by Gasteiger charge is 2.27. The van der Waals surface area contributed by atoms with E-state index in [0.29, 0.717) is 17.8 Å². The van der Waals surface area contributed by atoms with Gasteiger partial charge in [-0.05, 0) is 48.1 Å². The number of ether oxygens (including phenoxy) is 2. The first-order valence-electron chi connectivity index (χ1n) is 6.96. The smallest absolute Gasteiger partial charge is 0.390 e. The van der Waals surface area contributed by atoms with Gasteiger partial charge in [0.25, 0.3) is 0 Å². The van der Waals surface area contributed by atoms with Gasteiger partial charge in [0, 0.05) is 0 Å². The molecule has 0 N–H and O–H groups in total. The van der Waals surface area contributed by atoms with Crippen molar-refractivity contribution in [2.75, 3.05) is 13.7 Å². The fourth-order valence-corrected chi connectivity index (χ4v) is 2.22. The van der Waals surface area contributed by atoms with Crippen molar-refractivity contribution in [3.05, 3.63) is 54.4 Å². The molecule has 0 atom stereocenters. The van der Waals surface area contributed by atoms with Crippen molar-refractivity contribution in [1.82, 2.24) is 9.90 Å². The molecule has 112 valence electrons. The number of carbonyl (C=O) groups excluding carboxylic acids is 1. The van der Waals surface area contributed by atoms with Gasteiger partial charge in [-0.2, -0.15) is 0 Å². The lowest BCUT2D eigenvalue weighted by Gasteiger charge is -2.00. The van der Waals surface area contributed by atoms with Crippen LogP contribution in [0.15, 0.2) is 48.7 Å². The first kappa shape index (κ1) is 14.1. The summed E-state index contributed by atoms with van der Waals surface area (Å²) in [4.78, 5) is 13.7. The molecule has 0 aliphatic rings. The van der Waals surface area contributed by atoms with Crippen LogP contribution in [0.3, 0.4) is 0 Å². The predicted octanol–water partition coefficient (Wildman–Crippen LogP) is 1.80. The summed E-state index contributed by atoms with van der Waals surface area (Å²) in [6.45, 7) is 2.08. The third-order valence-electron chi connectivity index (χ3n) is 3.25. The van der Waals surface area contributed by atoms with E-state index in [9.17, 15) is 4.79 Å². The average molecular weight is 298 g/mol. The second kappa shape index (κ2) is 5.85. The van der Waals surface area contributed by atoms with Crippen molar-refractivity contribution >= 4 is 11.5 Å². The summed E-state index contributed by atoms with van der Waals surface area (Å²) in [7, 11) is 1.62. The molecule has 0 aliphatic heterocycles. The Labute approximate surface area is 127 Å². The Kier molecular flexibility index (Phi) is 3.74. The zero-order chi connectivity index (χ0) is 15.5. The summed E-state index contributed by atoms with van der Waals surface area (Å²) in [5.41, 5.74) is 1.80. The Morgan fingerprint density at radius 1 is 1.23 bits per heavy atom. The van der Waals surface area contributed by atoms with Crippen LogP contribution >= 0.6 is 0 Å². The molecule has 3 aromatic rings. The van der Waals surface area contributed by atoms with Crippen molar-refractivity contribution < 1.29 is 18.8 Å². The number of aromatic nitrogens is 3. The number of fused-ring (bicyclic) bond motifs is 1. The standard InChI is InChI=1S/C16H16N3O3/c1-3-22-16(20)15-14-6-4-5-11-18(14)19(17-15)12-7-9-13(21-2)10-8-12/h4-11H,3H2,1-2H3/q+1. The Hall–Kier alpha value is -2.89. The molecule has 0 unspecified atom stereocenters. The second-order valence-corrected chi connectivity index (χ2v) is 4.59. The van der Waals surface area contributed by atoms with E-state index in [-0.39, 0.29) is 0 Å². The Bertz CT molecular complexity index is 809. The first-order valence-corrected chi connectivity index (χ1v) is 6.96. The highest BCUT2D eigenvalue weighted by atomic mass is 16.5. The molecule has 0 aliphatic carbocycles. The molecule has 0 fully saturated rings. The van der Waals surface area contributed by atoms with Crippen molar-refractivity contribution in [3.8, 4) is 11.4 Å². The van der Waals surface area contributed by atoms with E-state index in [2.05, 4.69) is 5.10 Å². The number of hydrogen-bond donors (Lipinski definition) is 0. The molecule has 2 aromatic heterocycles. The first-order chi connectivity index (χ1) is 10.7. The molecule has 6 nitrogen and oxygen atoms in total. The Morgan fingerprint density at radius 3 is 2.68 bits per heavy atom. The summed E-state index contributed by atoms with van der Waals surface area (Å²) in [6, 6.07) is 13.0. The number of rotatable bonds is 4. The Balaban J connectivity index is 2.14. The lowest BCUT2D eigenvalue weighted by atomic mass is 10.3. The maximum Gasteiger partial charge on any atom is 0.390 e. The van der Waals surface area contributed by atoms with Gasteiger partial charge in [-0.25, -0.2) is 4.79 Å². The fraction of sp³-hybridized carbons (Fsp3) is 0.188. The van der Waals surface area contributed by atoms with Crippen LogP contribution in [-0.4, -0.2) is 29.6 Å². The van der Waals surface area contributed by atoms with Crippen LogP contribution in [0, 0.1) is 0 Å². The van der Waals surface area contributed by atoms with E-state index in [1.165, 1.54) is 0 Å². The number of esters is 1. The van der Waals surface area contributed by atoms with E-state index in [0.717, 1.165) is 11.4 Å². The predicted molar refractivity (Wildman–Crippen MR) is 79.2 cm³/mol. The molecule has 0 spiro atoms. The zero-order valence-corrected chi connectivity index (χ0v) is 12.4. The summed E-state index contributed by atoms with van der Waals surface area (Å²) >= 11 is 0. The summed E-state index contributed by atoms with van der Waals surface area (Å²) in [6.07, 6.45) is 1.84. The molecule has 0 saturated carbocycles. The van der Waals surface area contributed by atoms with Gasteiger partial charge < -0.3 is 9.47 Å². The molecular formula is C16H16N3O3+. The molecule has 0 amide bonds. The van der Waals surface area contributed by atoms with Crippen LogP contribution < -0.4 is 9.25 Å². The molecule has 1 aromatic carbocycles. The number of pyridine rings is 1. The average Bonchev–Trinajstić information content (AvgIpc) is 2.95. The number of nitrogens with zero attached hydrogens (tertiary/aromatic N) is 3. The fourth-order valence-electron chi connectivity index (χ4n) is 2.22. The van der Waals surface area contributed by atoms with Gasteiger partial charge in [-0.3, -0.25) is 0 Å². The van der Waals surface area contributed by atoms with E-state index in [1.54, 1.807) is 23.3 Å². The highest BCUT2D eigenvalue weighted by Crippen LogP contribution is 2.15. The second-order valence-electron chi connectivity index (χ2n) is 4.59. The third-order valence-corrected chi connectivity index (χ3v) is 3.25. The topological polar surface area (TPSA) is 57.4 Å². The van der Waals surface area contributed by atoms with E-state index in [1.807, 2.05) is 48.7 Å². The van der Waals surface area contributed by atoms with Gasteiger partial charge in [0.2, 0.25) is 5.52 Å². The van der Waals surface area contributed by atoms with Crippen LogP contribution in [-0.2, 0) is 4.74 Å². The molecule has 0 bridgehead atoms. The van der Waals surface area contributed by atoms with Crippen LogP contribution in [0.4, 0.5) is 0 Å². The van der Waals surface area contributed by atoms with Crippen LogP contribution in [0.1, 0.15) is 17.4 Å². The molecule has 3 rings (SSSR count). The van der Waals surface area contributed by atoms with Gasteiger partial charge in [-0.1, -0.05) is 6.07 Å². The maximum absolute atomic E-state index is 12.1. The van der Waals surface area contributed by atoms with Crippen molar-refractivity contribution in [3.63, 3.8) is 0 Å². The number of hydrogen-bond acceptors (Lipinski definition) is 4. The van der Waals surface area contributed by atoms with Crippen LogP contribution in [0.25, 0.3) is 11.2 Å². The van der Waals surface area contributed by atoms with Gasteiger partial charge in [0.1, 0.15) is 17.6 Å². The highest BCUT2D eigenvalue weighted by molar-refractivity contribution is 5.93. The van der Waals surface area contributed by atoms with Gasteiger partial charge in [0.15, 0.2) is 0 Å². The summed E-state index contributed by atoms with van der Waals surface area (Å²) < 4.78 is 12.0. The minimum absolute atomic E-state index is 0.290. The summed E-state index contributed by atoms with van der Waals surface area (Å²) in [5, 5.41) is 4.40. The van der Waals surface area contributed by atoms with Crippen LogP contribution in [0.2, 0.25) is 0 Å². The molecule has 0 radical (unpaired) electrons. The zero-order valence-electron chi connectivity index (χ0n) is 12.4. The normalized spacial score (nSPS) is 10.6. The monoisotopic (exact) mass is 298 g/mol. The van der Waals surface area contributed by atoms with Gasteiger partial charge >= 0.3 is 11.7 Å². The SMILES string of the molecule is CCOC(=O)c1nn(-c2ccc(OC)cc2)[n+]2ccccc12. The van der Waals surface area contributed by atoms with E-state index >= 15 is 0 Å². The molecular weight excluding hydrogens is 282 g/mol. The van der Waals surface area contributed by atoms with E-state index < -0.39 is 5.97 Å². The van der Waals surface area contributed by atoms with Crippen LogP contribution in [0.5, 0.6) is 5.75 Å². The van der Waals surface area contributed by atoms with Crippen molar-refractivity contribution in [2.45, 2.75) is 6.92 Å². The number of methoxy groups -OCH3 is 1. The van der Waals surface area contributed by atoms with Crippen molar-refractivity contribution in [1.29, 1.82) is 0 Å². The lowest BCUT2D eigenvalue weighted by molar-refractivity contribution is -0.603. The summed E-state index contributed by atoms with van der Waals surface area (Å²) in [5.74, 6) is 0.328. The van der Waals surface area contributed by atoms with Gasteiger partial charge in [-0.15, -0.1) is 4.52 Å². The van der Waals surface area contributed by atoms with E-state index in [4.69, 9.17) is 9.47 Å². The number of benzene rings is 1. The van der Waals surface area contributed by atoms with Gasteiger partial charge in [0.05, 0.1) is 18.8 Å². The largest absolute Gasteiger partial charge is 0.497 e. The van der Waals surface area contributed by atoms with Crippen molar-refractivity contribution in [2.24, 2.45) is 0 Å². The Morgan fingerprint density at radius 2 is 2.00 bits per heavy atom. The number of carbonyl (C=O) groups is 1. The minimum atomic E-state index is -0.432. The lowest BCUT2D eigenvalue weighted by Crippen LogP contribution is -2.31. The molecule has 2 heterocycles. The quantitative estimate of drug-likeness (QED) is 0.544. The minimum Gasteiger partial charge on any atom is -0.497 e. The molecule has 6 heteroatoms.